The van der Waals surface area contributed by atoms with E-state index in [4.69, 9.17) is 10.5 Å². The smallest absolute Gasteiger partial charge is 0.410 e. The van der Waals surface area contributed by atoms with Crippen LogP contribution < -0.4 is 10.5 Å². The van der Waals surface area contributed by atoms with Gasteiger partial charge in [-0.1, -0.05) is 18.2 Å². The molecular weight excluding hydrogens is 207 g/mol. The van der Waals surface area contributed by atoms with Crippen LogP contribution in [0.2, 0.25) is 0 Å². The van der Waals surface area contributed by atoms with E-state index in [-0.39, 0.29) is 11.3 Å². The molecule has 0 aliphatic carbocycles. The fourth-order valence-electron chi connectivity index (χ4n) is 1.23. The first kappa shape index (κ1) is 11.8. The predicted octanol–water partition coefficient (Wildman–Crippen LogP) is 2.43. The molecule has 2 N–H and O–H groups in total. The molecule has 84 valence electrons. The number of rotatable bonds is 2. The minimum Gasteiger partial charge on any atom is -0.496 e. The molecule has 1 aromatic carbocycles. The van der Waals surface area contributed by atoms with Gasteiger partial charge in [0, 0.05) is 5.56 Å². The highest BCUT2D eigenvalue weighted by molar-refractivity contribution is 5.39. The van der Waals surface area contributed by atoms with Crippen LogP contribution in [-0.2, 0) is 5.54 Å². The lowest BCUT2D eigenvalue weighted by Crippen LogP contribution is -2.47. The van der Waals surface area contributed by atoms with Crippen LogP contribution in [0.3, 0.4) is 0 Å². The van der Waals surface area contributed by atoms with Crippen LogP contribution in [0.5, 0.6) is 5.75 Å². The van der Waals surface area contributed by atoms with Crippen molar-refractivity contribution < 1.29 is 17.9 Å². The van der Waals surface area contributed by atoms with Crippen molar-refractivity contribution in [1.82, 2.24) is 0 Å². The predicted molar refractivity (Wildman–Crippen MR) is 50.6 cm³/mol. The lowest BCUT2D eigenvalue weighted by molar-refractivity contribution is -0.184. The lowest BCUT2D eigenvalue weighted by atomic mass is 9.92. The number of nitrogens with two attached hydrogens (primary N) is 1. The van der Waals surface area contributed by atoms with E-state index in [0.29, 0.717) is 0 Å². The maximum absolute atomic E-state index is 12.7. The number of hydrogen-bond donors (Lipinski definition) is 1. The monoisotopic (exact) mass is 219 g/mol. The minimum absolute atomic E-state index is 0.0694. The molecule has 0 saturated heterocycles. The Morgan fingerprint density at radius 3 is 2.20 bits per heavy atom. The van der Waals surface area contributed by atoms with Gasteiger partial charge in [-0.2, -0.15) is 13.2 Å². The fraction of sp³-hybridized carbons (Fsp3) is 0.400. The van der Waals surface area contributed by atoms with E-state index in [0.717, 1.165) is 6.92 Å². The van der Waals surface area contributed by atoms with Crippen LogP contribution >= 0.6 is 0 Å². The van der Waals surface area contributed by atoms with E-state index in [9.17, 15) is 13.2 Å². The molecule has 0 aromatic heterocycles. The van der Waals surface area contributed by atoms with Crippen molar-refractivity contribution in [3.63, 3.8) is 0 Å². The van der Waals surface area contributed by atoms with Crippen molar-refractivity contribution in [2.75, 3.05) is 7.11 Å². The third-order valence-electron chi connectivity index (χ3n) is 2.26. The molecule has 1 rings (SSSR count). The number of alkyl halides is 3. The zero-order chi connectivity index (χ0) is 11.7. The van der Waals surface area contributed by atoms with Crippen molar-refractivity contribution in [3.05, 3.63) is 29.8 Å². The minimum atomic E-state index is -4.51. The lowest BCUT2D eigenvalue weighted by Gasteiger charge is -2.29. The van der Waals surface area contributed by atoms with Gasteiger partial charge >= 0.3 is 6.18 Å². The highest BCUT2D eigenvalue weighted by Crippen LogP contribution is 2.40. The van der Waals surface area contributed by atoms with E-state index < -0.39 is 11.7 Å². The van der Waals surface area contributed by atoms with Crippen LogP contribution in [0.4, 0.5) is 13.2 Å². The fourth-order valence-corrected chi connectivity index (χ4v) is 1.23. The van der Waals surface area contributed by atoms with Crippen molar-refractivity contribution in [1.29, 1.82) is 0 Å². The van der Waals surface area contributed by atoms with Gasteiger partial charge in [-0.05, 0) is 13.0 Å². The van der Waals surface area contributed by atoms with Gasteiger partial charge in [-0.3, -0.25) is 0 Å². The second-order valence-corrected chi connectivity index (χ2v) is 3.40. The average Bonchev–Trinajstić information content (AvgIpc) is 2.16. The molecule has 0 spiro atoms. The normalized spacial score (nSPS) is 15.9. The highest BCUT2D eigenvalue weighted by atomic mass is 19.4. The molecule has 0 heterocycles. The maximum atomic E-state index is 12.7. The summed E-state index contributed by atoms with van der Waals surface area (Å²) in [5.74, 6) is 0.139. The van der Waals surface area contributed by atoms with Gasteiger partial charge in [-0.15, -0.1) is 0 Å². The summed E-state index contributed by atoms with van der Waals surface area (Å²) in [7, 11) is 1.31. The molecule has 1 atom stereocenters. The van der Waals surface area contributed by atoms with Crippen molar-refractivity contribution in [2.45, 2.75) is 18.6 Å². The summed E-state index contributed by atoms with van der Waals surface area (Å²) in [6, 6.07) is 5.85. The SMILES string of the molecule is COc1ccccc1C(C)(N)C(F)(F)F. The molecular formula is C10H12F3NO. The molecule has 0 amide bonds. The average molecular weight is 219 g/mol. The first-order valence-electron chi connectivity index (χ1n) is 4.30. The molecule has 0 aliphatic heterocycles. The number of halogens is 3. The standard InChI is InChI=1S/C10H12F3NO/c1-9(14,10(11,12)13)7-5-3-4-6-8(7)15-2/h3-6H,14H2,1-2H3. The Morgan fingerprint density at radius 2 is 1.73 bits per heavy atom. The molecule has 0 bridgehead atoms. The topological polar surface area (TPSA) is 35.2 Å². The quantitative estimate of drug-likeness (QED) is 0.829. The number of benzene rings is 1. The molecule has 0 aliphatic rings. The first-order chi connectivity index (χ1) is 6.80. The molecule has 0 saturated carbocycles. The zero-order valence-corrected chi connectivity index (χ0v) is 8.43. The summed E-state index contributed by atoms with van der Waals surface area (Å²) in [6.45, 7) is 0.921. The largest absolute Gasteiger partial charge is 0.496 e. The summed E-state index contributed by atoms with van der Waals surface area (Å²) < 4.78 is 42.8. The van der Waals surface area contributed by atoms with E-state index >= 15 is 0 Å². The Kier molecular flexibility index (Phi) is 2.95. The van der Waals surface area contributed by atoms with E-state index in [2.05, 4.69) is 0 Å². The van der Waals surface area contributed by atoms with Crippen LogP contribution in [0.15, 0.2) is 24.3 Å². The van der Waals surface area contributed by atoms with E-state index in [1.807, 2.05) is 0 Å². The van der Waals surface area contributed by atoms with Crippen LogP contribution in [0, 0.1) is 0 Å². The van der Waals surface area contributed by atoms with E-state index in [1.165, 1.54) is 25.3 Å². The van der Waals surface area contributed by atoms with Crippen molar-refractivity contribution in [2.24, 2.45) is 5.73 Å². The van der Waals surface area contributed by atoms with Gasteiger partial charge < -0.3 is 10.5 Å². The maximum Gasteiger partial charge on any atom is 0.410 e. The Labute approximate surface area is 85.8 Å². The third kappa shape index (κ3) is 2.07. The highest BCUT2D eigenvalue weighted by Gasteiger charge is 2.50. The first-order valence-corrected chi connectivity index (χ1v) is 4.30. The van der Waals surface area contributed by atoms with E-state index in [1.54, 1.807) is 6.07 Å². The number of methoxy groups -OCH3 is 1. The Balaban J connectivity index is 3.26. The molecule has 2 nitrogen and oxygen atoms in total. The summed E-state index contributed by atoms with van der Waals surface area (Å²) in [4.78, 5) is 0. The van der Waals surface area contributed by atoms with Crippen molar-refractivity contribution in [3.8, 4) is 5.75 Å². The number of ether oxygens (including phenoxy) is 1. The van der Waals surface area contributed by atoms with Crippen molar-refractivity contribution >= 4 is 0 Å². The second-order valence-electron chi connectivity index (χ2n) is 3.40. The zero-order valence-electron chi connectivity index (χ0n) is 8.43. The van der Waals surface area contributed by atoms with Crippen LogP contribution in [-0.4, -0.2) is 13.3 Å². The van der Waals surface area contributed by atoms with Gasteiger partial charge in [0.15, 0.2) is 0 Å². The summed E-state index contributed by atoms with van der Waals surface area (Å²) in [6.07, 6.45) is -4.51. The van der Waals surface area contributed by atoms with Gasteiger partial charge in [0.2, 0.25) is 0 Å². The molecule has 0 fully saturated rings. The molecule has 1 unspecified atom stereocenters. The molecule has 0 radical (unpaired) electrons. The molecule has 1 aromatic rings. The Bertz CT molecular complexity index is 347. The molecule has 5 heteroatoms. The van der Waals surface area contributed by atoms with Gasteiger partial charge in [-0.25, -0.2) is 0 Å². The van der Waals surface area contributed by atoms with Crippen LogP contribution in [0.25, 0.3) is 0 Å². The van der Waals surface area contributed by atoms with Gasteiger partial charge in [0.25, 0.3) is 0 Å². The Hall–Kier alpha value is -1.23. The Morgan fingerprint density at radius 1 is 1.20 bits per heavy atom. The molecule has 15 heavy (non-hydrogen) atoms. The summed E-state index contributed by atoms with van der Waals surface area (Å²) in [5.41, 5.74) is 2.81. The summed E-state index contributed by atoms with van der Waals surface area (Å²) >= 11 is 0. The van der Waals surface area contributed by atoms with Gasteiger partial charge in [0.1, 0.15) is 11.3 Å². The van der Waals surface area contributed by atoms with Gasteiger partial charge in [0.05, 0.1) is 7.11 Å². The third-order valence-corrected chi connectivity index (χ3v) is 2.26. The number of hydrogen-bond acceptors (Lipinski definition) is 2. The second kappa shape index (κ2) is 3.73. The number of para-hydroxylation sites is 1. The van der Waals surface area contributed by atoms with Crippen LogP contribution in [0.1, 0.15) is 12.5 Å². The summed E-state index contributed by atoms with van der Waals surface area (Å²) in [5, 5.41) is 0.